The zero-order valence-corrected chi connectivity index (χ0v) is 16.5. The average Bonchev–Trinajstić information content (AvgIpc) is 3.35. The second kappa shape index (κ2) is 8.41. The minimum Gasteiger partial charge on any atom is -0.302 e. The summed E-state index contributed by atoms with van der Waals surface area (Å²) >= 11 is 3.28. The highest BCUT2D eigenvalue weighted by Crippen LogP contribution is 2.28. The second-order valence-electron chi connectivity index (χ2n) is 5.84. The van der Waals surface area contributed by atoms with Crippen LogP contribution in [0.3, 0.4) is 0 Å². The molecule has 8 heteroatoms. The second-order valence-corrected chi connectivity index (χ2v) is 7.64. The van der Waals surface area contributed by atoms with E-state index in [0.29, 0.717) is 0 Å². The topological polar surface area (TPSA) is 69.4 Å². The van der Waals surface area contributed by atoms with E-state index in [4.69, 9.17) is 4.98 Å². The van der Waals surface area contributed by atoms with Crippen molar-refractivity contribution in [3.05, 3.63) is 60.0 Å². The highest BCUT2D eigenvalue weighted by molar-refractivity contribution is 7.98. The molecular weight excluding hydrogens is 376 g/mol. The fraction of sp³-hybridized carbons (Fsp3) is 0.211. The molecule has 0 unspecified atom stereocenters. The number of hydrogen-bond donors (Lipinski definition) is 0. The minimum atomic E-state index is 0.752. The molecule has 4 aromatic rings. The van der Waals surface area contributed by atoms with Crippen molar-refractivity contribution >= 4 is 23.1 Å². The summed E-state index contributed by atoms with van der Waals surface area (Å²) in [5, 5.41) is 12.8. The van der Waals surface area contributed by atoms with Gasteiger partial charge in [0.05, 0.1) is 11.4 Å². The maximum atomic E-state index is 4.71. The Labute approximate surface area is 165 Å². The van der Waals surface area contributed by atoms with Gasteiger partial charge in [-0.1, -0.05) is 24.8 Å². The molecule has 27 heavy (non-hydrogen) atoms. The van der Waals surface area contributed by atoms with Crippen molar-refractivity contribution < 1.29 is 0 Å². The van der Waals surface area contributed by atoms with Gasteiger partial charge in [-0.05, 0) is 30.7 Å². The molecule has 0 aliphatic carbocycles. The summed E-state index contributed by atoms with van der Waals surface area (Å²) in [7, 11) is 0. The smallest absolute Gasteiger partial charge is 0.191 e. The van der Waals surface area contributed by atoms with E-state index >= 15 is 0 Å². The van der Waals surface area contributed by atoms with Crippen molar-refractivity contribution in [3.8, 4) is 22.1 Å². The molecule has 0 N–H and O–H groups in total. The van der Waals surface area contributed by atoms with Gasteiger partial charge in [0.1, 0.15) is 5.01 Å². The Morgan fingerprint density at radius 3 is 2.74 bits per heavy atom. The number of thioether (sulfide) groups is 1. The molecular formula is C19H18N6S2. The first-order chi connectivity index (χ1) is 13.3. The van der Waals surface area contributed by atoms with Crippen LogP contribution in [0.15, 0.2) is 59.5 Å². The van der Waals surface area contributed by atoms with Gasteiger partial charge in [0, 0.05) is 41.8 Å². The largest absolute Gasteiger partial charge is 0.302 e. The van der Waals surface area contributed by atoms with E-state index in [2.05, 4.69) is 37.0 Å². The first kappa shape index (κ1) is 17.8. The van der Waals surface area contributed by atoms with Crippen LogP contribution < -0.4 is 0 Å². The average molecular weight is 395 g/mol. The van der Waals surface area contributed by atoms with E-state index < -0.39 is 0 Å². The zero-order valence-electron chi connectivity index (χ0n) is 14.8. The van der Waals surface area contributed by atoms with Crippen LogP contribution in [0.4, 0.5) is 0 Å². The van der Waals surface area contributed by atoms with Crippen LogP contribution in [0.2, 0.25) is 0 Å². The number of thiazole rings is 1. The Balaban J connectivity index is 1.52. The van der Waals surface area contributed by atoms with Gasteiger partial charge in [0.15, 0.2) is 11.0 Å². The lowest BCUT2D eigenvalue weighted by Crippen LogP contribution is -2.02. The predicted molar refractivity (Wildman–Crippen MR) is 108 cm³/mol. The van der Waals surface area contributed by atoms with Gasteiger partial charge >= 0.3 is 0 Å². The van der Waals surface area contributed by atoms with Gasteiger partial charge in [-0.3, -0.25) is 9.97 Å². The highest BCUT2D eigenvalue weighted by Gasteiger charge is 2.15. The fourth-order valence-electron chi connectivity index (χ4n) is 2.65. The van der Waals surface area contributed by atoms with Crippen LogP contribution in [0, 0.1) is 0 Å². The van der Waals surface area contributed by atoms with Gasteiger partial charge in [-0.15, -0.1) is 21.5 Å². The summed E-state index contributed by atoms with van der Waals surface area (Å²) in [6, 6.07) is 9.80. The van der Waals surface area contributed by atoms with Crippen LogP contribution >= 0.6 is 23.1 Å². The number of aromatic nitrogens is 6. The fourth-order valence-corrected chi connectivity index (χ4v) is 4.41. The Morgan fingerprint density at radius 1 is 1.07 bits per heavy atom. The standard InChI is InChI=1S/C19H18N6S2/c1-2-11-25-17(14-6-9-20-10-7-14)23-24-19(25)27-13-15-12-26-18(22-15)16-5-3-4-8-21-16/h3-10,12H,2,11,13H2,1H3. The van der Waals surface area contributed by atoms with Crippen molar-refractivity contribution in [2.75, 3.05) is 0 Å². The molecule has 0 saturated carbocycles. The SMILES string of the molecule is CCCn1c(SCc2csc(-c3ccccn3)n2)nnc1-c1ccncc1. The van der Waals surface area contributed by atoms with Crippen molar-refractivity contribution in [3.63, 3.8) is 0 Å². The van der Waals surface area contributed by atoms with Gasteiger partial charge in [0.2, 0.25) is 0 Å². The molecule has 0 saturated heterocycles. The molecule has 0 atom stereocenters. The third-order valence-corrected chi connectivity index (χ3v) is 5.80. The van der Waals surface area contributed by atoms with Crippen LogP contribution in [-0.4, -0.2) is 29.7 Å². The molecule has 4 rings (SSSR count). The molecule has 136 valence electrons. The summed E-state index contributed by atoms with van der Waals surface area (Å²) in [6.45, 7) is 3.04. The van der Waals surface area contributed by atoms with Gasteiger partial charge in [0.25, 0.3) is 0 Å². The Hall–Kier alpha value is -2.58. The Kier molecular flexibility index (Phi) is 5.55. The quantitative estimate of drug-likeness (QED) is 0.428. The number of rotatable bonds is 7. The summed E-state index contributed by atoms with van der Waals surface area (Å²) in [5.74, 6) is 1.64. The molecule has 4 heterocycles. The summed E-state index contributed by atoms with van der Waals surface area (Å²) in [4.78, 5) is 13.2. The molecule has 6 nitrogen and oxygen atoms in total. The lowest BCUT2D eigenvalue weighted by atomic mass is 10.2. The molecule has 0 aromatic carbocycles. The predicted octanol–water partition coefficient (Wildman–Crippen LogP) is 4.56. The lowest BCUT2D eigenvalue weighted by molar-refractivity contribution is 0.626. The summed E-state index contributed by atoms with van der Waals surface area (Å²) in [6.07, 6.45) is 6.37. The summed E-state index contributed by atoms with van der Waals surface area (Å²) in [5.41, 5.74) is 2.97. The molecule has 4 aromatic heterocycles. The molecule has 0 bridgehead atoms. The molecule has 0 fully saturated rings. The number of hydrogen-bond acceptors (Lipinski definition) is 7. The van der Waals surface area contributed by atoms with Gasteiger partial charge in [-0.25, -0.2) is 4.98 Å². The number of pyridine rings is 2. The van der Waals surface area contributed by atoms with E-state index in [1.165, 1.54) is 0 Å². The third-order valence-electron chi connectivity index (χ3n) is 3.89. The van der Waals surface area contributed by atoms with Crippen LogP contribution in [0.25, 0.3) is 22.1 Å². The monoisotopic (exact) mass is 394 g/mol. The van der Waals surface area contributed by atoms with E-state index in [0.717, 1.165) is 51.7 Å². The van der Waals surface area contributed by atoms with Crippen LogP contribution in [0.5, 0.6) is 0 Å². The molecule has 0 aliphatic heterocycles. The van der Waals surface area contributed by atoms with Gasteiger partial charge in [-0.2, -0.15) is 0 Å². The normalized spacial score (nSPS) is 11.0. The maximum Gasteiger partial charge on any atom is 0.191 e. The third kappa shape index (κ3) is 4.06. The minimum absolute atomic E-state index is 0.752. The highest BCUT2D eigenvalue weighted by atomic mass is 32.2. The Morgan fingerprint density at radius 2 is 1.96 bits per heavy atom. The van der Waals surface area contributed by atoms with Crippen molar-refractivity contribution in [1.29, 1.82) is 0 Å². The van der Waals surface area contributed by atoms with E-state index in [1.54, 1.807) is 41.7 Å². The maximum absolute atomic E-state index is 4.71. The lowest BCUT2D eigenvalue weighted by Gasteiger charge is -2.08. The molecule has 0 spiro atoms. The van der Waals surface area contributed by atoms with Crippen molar-refractivity contribution in [1.82, 2.24) is 29.7 Å². The van der Waals surface area contributed by atoms with Crippen molar-refractivity contribution in [2.45, 2.75) is 30.8 Å². The van der Waals surface area contributed by atoms with Crippen LogP contribution in [0.1, 0.15) is 19.0 Å². The van der Waals surface area contributed by atoms with Gasteiger partial charge < -0.3 is 4.57 Å². The van der Waals surface area contributed by atoms with E-state index in [-0.39, 0.29) is 0 Å². The van der Waals surface area contributed by atoms with E-state index in [9.17, 15) is 0 Å². The van der Waals surface area contributed by atoms with E-state index in [1.807, 2.05) is 30.3 Å². The molecule has 0 radical (unpaired) electrons. The number of nitrogens with zero attached hydrogens (tertiary/aromatic N) is 6. The Bertz CT molecular complexity index is 997. The van der Waals surface area contributed by atoms with Crippen molar-refractivity contribution in [2.24, 2.45) is 0 Å². The van der Waals surface area contributed by atoms with Crippen LogP contribution in [-0.2, 0) is 12.3 Å². The molecule has 0 amide bonds. The zero-order chi connectivity index (χ0) is 18.5. The summed E-state index contributed by atoms with van der Waals surface area (Å²) < 4.78 is 2.17. The molecule has 0 aliphatic rings. The first-order valence-electron chi connectivity index (χ1n) is 8.67. The first-order valence-corrected chi connectivity index (χ1v) is 10.5.